The number of piperidine rings is 1. The molecular formula is C15H17F3N2O2. The van der Waals surface area contributed by atoms with Crippen LogP contribution in [0.3, 0.4) is 0 Å². The van der Waals surface area contributed by atoms with E-state index in [0.717, 1.165) is 0 Å². The molecule has 1 aromatic carbocycles. The molecule has 1 aliphatic rings. The second kappa shape index (κ2) is 6.37. The van der Waals surface area contributed by atoms with Crippen molar-refractivity contribution in [2.45, 2.75) is 25.9 Å². The molecule has 1 N–H and O–H groups in total. The van der Waals surface area contributed by atoms with Crippen LogP contribution in [0, 0.1) is 5.92 Å². The third-order valence-corrected chi connectivity index (χ3v) is 3.60. The van der Waals surface area contributed by atoms with Crippen molar-refractivity contribution in [2.24, 2.45) is 5.92 Å². The summed E-state index contributed by atoms with van der Waals surface area (Å²) in [5.41, 5.74) is 0.719. The van der Waals surface area contributed by atoms with E-state index in [1.165, 1.54) is 24.0 Å². The second-order valence-electron chi connectivity index (χ2n) is 5.39. The molecule has 1 atom stereocenters. The van der Waals surface area contributed by atoms with Gasteiger partial charge in [0.1, 0.15) is 0 Å². The van der Waals surface area contributed by atoms with E-state index in [-0.39, 0.29) is 24.4 Å². The molecule has 2 rings (SSSR count). The Morgan fingerprint density at radius 2 is 2.05 bits per heavy atom. The molecule has 4 nitrogen and oxygen atoms in total. The Morgan fingerprint density at radius 1 is 1.32 bits per heavy atom. The maximum atomic E-state index is 12.8. The van der Waals surface area contributed by atoms with Crippen LogP contribution in [-0.2, 0) is 4.79 Å². The summed E-state index contributed by atoms with van der Waals surface area (Å²) in [6.07, 6.45) is -3.89. The molecule has 22 heavy (non-hydrogen) atoms. The zero-order chi connectivity index (χ0) is 16.3. The highest BCUT2D eigenvalue weighted by molar-refractivity contribution is 5.96. The van der Waals surface area contributed by atoms with Gasteiger partial charge in [0, 0.05) is 31.3 Å². The molecule has 0 aromatic heterocycles. The van der Waals surface area contributed by atoms with Gasteiger partial charge in [-0.15, -0.1) is 0 Å². The topological polar surface area (TPSA) is 49.4 Å². The molecule has 1 saturated heterocycles. The van der Waals surface area contributed by atoms with E-state index in [1.807, 2.05) is 0 Å². The van der Waals surface area contributed by atoms with Crippen LogP contribution in [0.1, 0.15) is 30.1 Å². The van der Waals surface area contributed by atoms with Gasteiger partial charge in [0.2, 0.25) is 5.91 Å². The summed E-state index contributed by atoms with van der Waals surface area (Å²) in [6.45, 7) is 1.34. The number of benzene rings is 1. The number of likely N-dealkylation sites (tertiary alicyclic amines) is 1. The molecule has 0 radical (unpaired) electrons. The molecule has 0 spiro atoms. The molecule has 2 amide bonds. The molecule has 0 saturated carbocycles. The smallest absolute Gasteiger partial charge is 0.338 e. The number of halogens is 3. The quantitative estimate of drug-likeness (QED) is 0.912. The van der Waals surface area contributed by atoms with Crippen molar-refractivity contribution >= 4 is 17.5 Å². The Hall–Kier alpha value is -2.05. The standard InChI is InChI=1S/C15H17F3N2O2/c1-10(21)19-13-6-2-4-11(8-13)14(22)20-7-3-5-12(9-20)15(16,17)18/h2,4,6,8,12H,3,5,7,9H2,1H3,(H,19,21)/t12-/m0/s1. The molecule has 0 unspecified atom stereocenters. The van der Waals surface area contributed by atoms with Gasteiger partial charge in [0.05, 0.1) is 5.92 Å². The van der Waals surface area contributed by atoms with Crippen LogP contribution < -0.4 is 5.32 Å². The highest BCUT2D eigenvalue weighted by Gasteiger charge is 2.42. The van der Waals surface area contributed by atoms with E-state index in [4.69, 9.17) is 0 Å². The highest BCUT2D eigenvalue weighted by Crippen LogP contribution is 2.33. The highest BCUT2D eigenvalue weighted by atomic mass is 19.4. The Kier molecular flexibility index (Phi) is 4.73. The predicted octanol–water partition coefficient (Wildman–Crippen LogP) is 3.06. The molecule has 1 aliphatic heterocycles. The molecular weight excluding hydrogens is 297 g/mol. The number of nitrogens with one attached hydrogen (secondary N) is 1. The van der Waals surface area contributed by atoms with Gasteiger partial charge in [-0.3, -0.25) is 9.59 Å². The number of anilines is 1. The minimum Gasteiger partial charge on any atom is -0.338 e. The molecule has 1 fully saturated rings. The van der Waals surface area contributed by atoms with Crippen molar-refractivity contribution in [2.75, 3.05) is 18.4 Å². The minimum absolute atomic E-state index is 0.0548. The van der Waals surface area contributed by atoms with Crippen molar-refractivity contribution < 1.29 is 22.8 Å². The fourth-order valence-corrected chi connectivity index (χ4v) is 2.54. The first kappa shape index (κ1) is 16.3. The summed E-state index contributed by atoms with van der Waals surface area (Å²) >= 11 is 0. The molecule has 120 valence electrons. The zero-order valence-corrected chi connectivity index (χ0v) is 12.1. The Morgan fingerprint density at radius 3 is 2.68 bits per heavy atom. The number of amides is 2. The lowest BCUT2D eigenvalue weighted by Gasteiger charge is -2.33. The first-order valence-corrected chi connectivity index (χ1v) is 7.01. The largest absolute Gasteiger partial charge is 0.393 e. The van der Waals surface area contributed by atoms with Crippen LogP contribution in [0.15, 0.2) is 24.3 Å². The van der Waals surface area contributed by atoms with Crippen molar-refractivity contribution in [3.05, 3.63) is 29.8 Å². The van der Waals surface area contributed by atoms with Crippen molar-refractivity contribution in [3.8, 4) is 0 Å². The van der Waals surface area contributed by atoms with E-state index in [9.17, 15) is 22.8 Å². The summed E-state index contributed by atoms with van der Waals surface area (Å²) in [6, 6.07) is 6.21. The first-order valence-electron chi connectivity index (χ1n) is 7.01. The summed E-state index contributed by atoms with van der Waals surface area (Å²) < 4.78 is 38.4. The van der Waals surface area contributed by atoms with Crippen LogP contribution in [-0.4, -0.2) is 36.0 Å². The maximum Gasteiger partial charge on any atom is 0.393 e. The number of carbonyl (C=O) groups excluding carboxylic acids is 2. The lowest BCUT2D eigenvalue weighted by atomic mass is 9.97. The summed E-state index contributed by atoms with van der Waals surface area (Å²) in [4.78, 5) is 24.6. The lowest BCUT2D eigenvalue weighted by molar-refractivity contribution is -0.184. The number of hydrogen-bond donors (Lipinski definition) is 1. The second-order valence-corrected chi connectivity index (χ2v) is 5.39. The minimum atomic E-state index is -4.28. The molecule has 1 aromatic rings. The number of rotatable bonds is 2. The van der Waals surface area contributed by atoms with Gasteiger partial charge in [-0.05, 0) is 31.0 Å². The van der Waals surface area contributed by atoms with E-state index < -0.39 is 18.0 Å². The van der Waals surface area contributed by atoms with Crippen LogP contribution in [0.5, 0.6) is 0 Å². The molecule has 1 heterocycles. The van der Waals surface area contributed by atoms with Gasteiger partial charge >= 0.3 is 6.18 Å². The summed E-state index contributed by atoms with van der Waals surface area (Å²) in [5.74, 6) is -2.19. The van der Waals surface area contributed by atoms with E-state index in [1.54, 1.807) is 12.1 Å². The first-order chi connectivity index (χ1) is 10.3. The SMILES string of the molecule is CC(=O)Nc1cccc(C(=O)N2CCC[C@H](C(F)(F)F)C2)c1. The van der Waals surface area contributed by atoms with Gasteiger partial charge in [-0.25, -0.2) is 0 Å². The summed E-state index contributed by atoms with van der Waals surface area (Å²) in [5, 5.41) is 2.55. The van der Waals surface area contributed by atoms with Gasteiger partial charge < -0.3 is 10.2 Å². The summed E-state index contributed by atoms with van der Waals surface area (Å²) in [7, 11) is 0. The molecule has 0 aliphatic carbocycles. The number of alkyl halides is 3. The van der Waals surface area contributed by atoms with Gasteiger partial charge in [-0.1, -0.05) is 6.07 Å². The Balaban J connectivity index is 2.12. The maximum absolute atomic E-state index is 12.8. The van der Waals surface area contributed by atoms with Gasteiger partial charge in [-0.2, -0.15) is 13.2 Å². The Labute approximate surface area is 126 Å². The predicted molar refractivity (Wildman–Crippen MR) is 75.4 cm³/mol. The van der Waals surface area contributed by atoms with Crippen molar-refractivity contribution in [1.82, 2.24) is 4.90 Å². The third-order valence-electron chi connectivity index (χ3n) is 3.60. The van der Waals surface area contributed by atoms with E-state index in [0.29, 0.717) is 18.7 Å². The zero-order valence-electron chi connectivity index (χ0n) is 12.1. The number of hydrogen-bond acceptors (Lipinski definition) is 2. The normalized spacial score (nSPS) is 18.9. The molecule has 0 bridgehead atoms. The third kappa shape index (κ3) is 3.99. The monoisotopic (exact) mass is 314 g/mol. The number of carbonyl (C=O) groups is 2. The van der Waals surface area contributed by atoms with Gasteiger partial charge in [0.25, 0.3) is 5.91 Å². The van der Waals surface area contributed by atoms with Crippen LogP contribution in [0.25, 0.3) is 0 Å². The van der Waals surface area contributed by atoms with Crippen LogP contribution in [0.4, 0.5) is 18.9 Å². The fourth-order valence-electron chi connectivity index (χ4n) is 2.54. The van der Waals surface area contributed by atoms with Crippen LogP contribution in [0.2, 0.25) is 0 Å². The Bertz CT molecular complexity index is 572. The number of nitrogens with zero attached hydrogens (tertiary/aromatic N) is 1. The van der Waals surface area contributed by atoms with Crippen molar-refractivity contribution in [3.63, 3.8) is 0 Å². The lowest BCUT2D eigenvalue weighted by Crippen LogP contribution is -2.44. The van der Waals surface area contributed by atoms with Crippen molar-refractivity contribution in [1.29, 1.82) is 0 Å². The average Bonchev–Trinajstić information content (AvgIpc) is 2.45. The van der Waals surface area contributed by atoms with E-state index >= 15 is 0 Å². The molecule has 7 heteroatoms. The van der Waals surface area contributed by atoms with Crippen LogP contribution >= 0.6 is 0 Å². The fraction of sp³-hybridized carbons (Fsp3) is 0.467. The van der Waals surface area contributed by atoms with Gasteiger partial charge in [0.15, 0.2) is 0 Å². The average molecular weight is 314 g/mol. The van der Waals surface area contributed by atoms with E-state index in [2.05, 4.69) is 5.32 Å².